The summed E-state index contributed by atoms with van der Waals surface area (Å²) < 4.78 is 0.950. The van der Waals surface area contributed by atoms with E-state index < -0.39 is 0 Å². The smallest absolute Gasteiger partial charge is 0.109 e. The van der Waals surface area contributed by atoms with E-state index in [-0.39, 0.29) is 0 Å². The number of benzene rings is 1. The Bertz CT molecular complexity index is 477. The van der Waals surface area contributed by atoms with E-state index in [9.17, 15) is 0 Å². The average molecular weight is 250 g/mol. The standard InChI is InChI=1S/C12H12BrN/c1-3-9-5-4-6-10-7-8(2)12(13)14-11(9)10/h4-7H,3H2,1-2H3. The number of fused-ring (bicyclic) bond motifs is 1. The van der Waals surface area contributed by atoms with E-state index in [2.05, 4.69) is 59.0 Å². The lowest BCUT2D eigenvalue weighted by atomic mass is 10.1. The van der Waals surface area contributed by atoms with Crippen LogP contribution in [-0.4, -0.2) is 4.98 Å². The number of rotatable bonds is 1. The molecule has 1 aromatic heterocycles. The van der Waals surface area contributed by atoms with Crippen LogP contribution in [0.5, 0.6) is 0 Å². The van der Waals surface area contributed by atoms with Crippen molar-refractivity contribution in [2.24, 2.45) is 0 Å². The molecule has 1 nitrogen and oxygen atoms in total. The van der Waals surface area contributed by atoms with Gasteiger partial charge in [0.2, 0.25) is 0 Å². The molecule has 1 aromatic carbocycles. The number of aryl methyl sites for hydroxylation is 2. The molecule has 14 heavy (non-hydrogen) atoms. The molecule has 0 saturated heterocycles. The lowest BCUT2D eigenvalue weighted by Crippen LogP contribution is -1.89. The van der Waals surface area contributed by atoms with Crippen molar-refractivity contribution in [3.05, 3.63) is 40.0 Å². The van der Waals surface area contributed by atoms with Crippen LogP contribution in [0.25, 0.3) is 10.9 Å². The lowest BCUT2D eigenvalue weighted by Gasteiger charge is -2.05. The van der Waals surface area contributed by atoms with Crippen molar-refractivity contribution >= 4 is 26.8 Å². The third-order valence-electron chi connectivity index (χ3n) is 2.44. The number of hydrogen-bond acceptors (Lipinski definition) is 1. The highest BCUT2D eigenvalue weighted by molar-refractivity contribution is 9.10. The van der Waals surface area contributed by atoms with Crippen LogP contribution in [0.1, 0.15) is 18.1 Å². The Balaban J connectivity index is 2.81. The van der Waals surface area contributed by atoms with Gasteiger partial charge in [0.15, 0.2) is 0 Å². The Morgan fingerprint density at radius 3 is 2.86 bits per heavy atom. The Morgan fingerprint density at radius 1 is 1.36 bits per heavy atom. The first-order valence-corrected chi connectivity index (χ1v) is 5.56. The SMILES string of the molecule is CCc1cccc2cc(C)c(Br)nc12. The predicted molar refractivity (Wildman–Crippen MR) is 63.6 cm³/mol. The molecule has 0 fully saturated rings. The van der Waals surface area contributed by atoms with Gasteiger partial charge >= 0.3 is 0 Å². The fraction of sp³-hybridized carbons (Fsp3) is 0.250. The van der Waals surface area contributed by atoms with Crippen molar-refractivity contribution in [2.75, 3.05) is 0 Å². The molecule has 0 radical (unpaired) electrons. The monoisotopic (exact) mass is 249 g/mol. The summed E-state index contributed by atoms with van der Waals surface area (Å²) in [6.45, 7) is 4.22. The Morgan fingerprint density at radius 2 is 2.14 bits per heavy atom. The van der Waals surface area contributed by atoms with E-state index >= 15 is 0 Å². The summed E-state index contributed by atoms with van der Waals surface area (Å²) in [5.41, 5.74) is 3.61. The minimum Gasteiger partial charge on any atom is -0.240 e. The molecule has 0 bridgehead atoms. The lowest BCUT2D eigenvalue weighted by molar-refractivity contribution is 1.14. The van der Waals surface area contributed by atoms with E-state index in [0.29, 0.717) is 0 Å². The molecule has 0 unspecified atom stereocenters. The third kappa shape index (κ3) is 1.55. The summed E-state index contributed by atoms with van der Waals surface area (Å²) in [6.07, 6.45) is 1.03. The molecule has 2 heteroatoms. The maximum Gasteiger partial charge on any atom is 0.109 e. The number of pyridine rings is 1. The van der Waals surface area contributed by atoms with Crippen LogP contribution < -0.4 is 0 Å². The second-order valence-electron chi connectivity index (χ2n) is 3.44. The molecule has 2 rings (SSSR count). The molecule has 0 spiro atoms. The molecule has 0 N–H and O–H groups in total. The third-order valence-corrected chi connectivity index (χ3v) is 3.24. The van der Waals surface area contributed by atoms with Crippen LogP contribution in [0.3, 0.4) is 0 Å². The Kier molecular flexibility index (Phi) is 2.55. The summed E-state index contributed by atoms with van der Waals surface area (Å²) >= 11 is 3.47. The predicted octanol–water partition coefficient (Wildman–Crippen LogP) is 3.87. The van der Waals surface area contributed by atoms with E-state index in [4.69, 9.17) is 0 Å². The topological polar surface area (TPSA) is 12.9 Å². The number of halogens is 1. The maximum atomic E-state index is 4.56. The molecule has 0 aliphatic rings. The van der Waals surface area contributed by atoms with E-state index in [1.165, 1.54) is 16.5 Å². The van der Waals surface area contributed by atoms with Gasteiger partial charge in [-0.25, -0.2) is 4.98 Å². The van der Waals surface area contributed by atoms with Gasteiger partial charge in [-0.05, 0) is 46.5 Å². The quantitative estimate of drug-likeness (QED) is 0.700. The molecule has 0 saturated carbocycles. The molecule has 0 atom stereocenters. The highest BCUT2D eigenvalue weighted by atomic mass is 79.9. The minimum absolute atomic E-state index is 0.950. The highest BCUT2D eigenvalue weighted by Gasteiger charge is 2.03. The van der Waals surface area contributed by atoms with Gasteiger partial charge in [0.05, 0.1) is 5.52 Å². The largest absolute Gasteiger partial charge is 0.240 e. The first-order chi connectivity index (χ1) is 6.72. The molecular weight excluding hydrogens is 238 g/mol. The normalized spacial score (nSPS) is 10.8. The summed E-state index contributed by atoms with van der Waals surface area (Å²) in [6, 6.07) is 8.51. The summed E-state index contributed by atoms with van der Waals surface area (Å²) in [7, 11) is 0. The van der Waals surface area contributed by atoms with Crippen LogP contribution in [0.2, 0.25) is 0 Å². The van der Waals surface area contributed by atoms with Crippen molar-refractivity contribution in [1.29, 1.82) is 0 Å². The van der Waals surface area contributed by atoms with Crippen LogP contribution >= 0.6 is 15.9 Å². The molecule has 0 aliphatic heterocycles. The number of para-hydroxylation sites is 1. The molecule has 1 heterocycles. The van der Waals surface area contributed by atoms with Gasteiger partial charge in [0.1, 0.15) is 4.60 Å². The first kappa shape index (κ1) is 9.66. The van der Waals surface area contributed by atoms with E-state index in [0.717, 1.165) is 16.5 Å². The van der Waals surface area contributed by atoms with Crippen LogP contribution in [0, 0.1) is 6.92 Å². The zero-order valence-corrected chi connectivity index (χ0v) is 9.93. The van der Waals surface area contributed by atoms with E-state index in [1.807, 2.05) is 0 Å². The van der Waals surface area contributed by atoms with Crippen LogP contribution in [-0.2, 0) is 6.42 Å². The van der Waals surface area contributed by atoms with Gasteiger partial charge in [-0.15, -0.1) is 0 Å². The van der Waals surface area contributed by atoms with Crippen LogP contribution in [0.15, 0.2) is 28.9 Å². The zero-order valence-electron chi connectivity index (χ0n) is 8.34. The molecular formula is C12H12BrN. The average Bonchev–Trinajstić information content (AvgIpc) is 2.19. The van der Waals surface area contributed by atoms with Crippen molar-refractivity contribution in [2.45, 2.75) is 20.3 Å². The summed E-state index contributed by atoms with van der Waals surface area (Å²) in [5.74, 6) is 0. The fourth-order valence-corrected chi connectivity index (χ4v) is 1.92. The van der Waals surface area contributed by atoms with Gasteiger partial charge < -0.3 is 0 Å². The second kappa shape index (κ2) is 3.70. The van der Waals surface area contributed by atoms with Gasteiger partial charge in [-0.1, -0.05) is 25.1 Å². The number of hydrogen-bond donors (Lipinski definition) is 0. The maximum absolute atomic E-state index is 4.56. The molecule has 0 aliphatic carbocycles. The number of nitrogens with zero attached hydrogens (tertiary/aromatic N) is 1. The molecule has 72 valence electrons. The van der Waals surface area contributed by atoms with Crippen molar-refractivity contribution in [3.8, 4) is 0 Å². The summed E-state index contributed by atoms with van der Waals surface area (Å²) in [4.78, 5) is 4.56. The van der Waals surface area contributed by atoms with Gasteiger partial charge in [-0.3, -0.25) is 0 Å². The highest BCUT2D eigenvalue weighted by Crippen LogP contribution is 2.23. The minimum atomic E-state index is 0.950. The molecule has 2 aromatic rings. The van der Waals surface area contributed by atoms with Gasteiger partial charge in [0, 0.05) is 5.39 Å². The number of aromatic nitrogens is 1. The van der Waals surface area contributed by atoms with Crippen molar-refractivity contribution < 1.29 is 0 Å². The zero-order chi connectivity index (χ0) is 10.1. The fourth-order valence-electron chi connectivity index (χ4n) is 1.63. The Labute approximate surface area is 92.3 Å². The first-order valence-electron chi connectivity index (χ1n) is 4.77. The molecule has 0 amide bonds. The second-order valence-corrected chi connectivity index (χ2v) is 4.19. The Hall–Kier alpha value is -0.890. The summed E-state index contributed by atoms with van der Waals surface area (Å²) in [5, 5.41) is 1.23. The van der Waals surface area contributed by atoms with Crippen LogP contribution in [0.4, 0.5) is 0 Å². The van der Waals surface area contributed by atoms with E-state index in [1.54, 1.807) is 0 Å². The van der Waals surface area contributed by atoms with Gasteiger partial charge in [0.25, 0.3) is 0 Å². The van der Waals surface area contributed by atoms with Crippen molar-refractivity contribution in [1.82, 2.24) is 4.98 Å². The van der Waals surface area contributed by atoms with Crippen molar-refractivity contribution in [3.63, 3.8) is 0 Å². The van der Waals surface area contributed by atoms with Gasteiger partial charge in [-0.2, -0.15) is 0 Å².